The first-order valence-corrected chi connectivity index (χ1v) is 9.49. The van der Waals surface area contributed by atoms with E-state index >= 15 is 0 Å². The highest BCUT2D eigenvalue weighted by atomic mass is 32.2. The molecule has 118 valence electrons. The molecule has 2 N–H and O–H groups in total. The quantitative estimate of drug-likeness (QED) is 0.884. The van der Waals surface area contributed by atoms with E-state index in [1.165, 1.54) is 17.3 Å². The fraction of sp³-hybridized carbons (Fsp3) is 0.176. The second-order valence-corrected chi connectivity index (χ2v) is 7.02. The summed E-state index contributed by atoms with van der Waals surface area (Å²) in [6.07, 6.45) is 2.05. The summed E-state index contributed by atoms with van der Waals surface area (Å²) in [5.74, 6) is 1.19. The first-order chi connectivity index (χ1) is 11.2. The van der Waals surface area contributed by atoms with Gasteiger partial charge in [0.15, 0.2) is 0 Å². The van der Waals surface area contributed by atoms with Crippen LogP contribution in [0, 0.1) is 0 Å². The van der Waals surface area contributed by atoms with Crippen molar-refractivity contribution < 1.29 is 9.59 Å². The van der Waals surface area contributed by atoms with Crippen LogP contribution in [0.25, 0.3) is 0 Å². The average molecular weight is 344 g/mol. The van der Waals surface area contributed by atoms with Crippen LogP contribution in [-0.4, -0.2) is 23.8 Å². The molecule has 2 amide bonds. The maximum absolute atomic E-state index is 12.3. The summed E-state index contributed by atoms with van der Waals surface area (Å²) < 4.78 is 0. The molecule has 23 heavy (non-hydrogen) atoms. The number of anilines is 2. The van der Waals surface area contributed by atoms with Gasteiger partial charge in [0.1, 0.15) is 0 Å². The van der Waals surface area contributed by atoms with Crippen molar-refractivity contribution in [1.82, 2.24) is 0 Å². The molecular formula is C17H16N2O2S2. The van der Waals surface area contributed by atoms with E-state index in [9.17, 15) is 9.59 Å². The number of rotatable bonds is 4. The molecule has 0 atom stereocenters. The van der Waals surface area contributed by atoms with Crippen molar-refractivity contribution in [3.63, 3.8) is 0 Å². The van der Waals surface area contributed by atoms with Gasteiger partial charge in [0, 0.05) is 21.9 Å². The van der Waals surface area contributed by atoms with Crippen LogP contribution in [0.1, 0.15) is 15.9 Å². The molecular weight excluding hydrogens is 328 g/mol. The number of hydrogen-bond acceptors (Lipinski definition) is 4. The topological polar surface area (TPSA) is 58.2 Å². The SMILES string of the molecule is CSCc1ccc(C(=O)Nc2ccc3c(c2)NC(=O)CS3)cc1. The van der Waals surface area contributed by atoms with Gasteiger partial charge in [-0.15, -0.1) is 11.8 Å². The van der Waals surface area contributed by atoms with Crippen LogP contribution in [0.2, 0.25) is 0 Å². The highest BCUT2D eigenvalue weighted by molar-refractivity contribution is 8.00. The maximum atomic E-state index is 12.3. The number of carbonyl (C=O) groups is 2. The second-order valence-electron chi connectivity index (χ2n) is 5.13. The molecule has 0 unspecified atom stereocenters. The zero-order valence-corrected chi connectivity index (χ0v) is 14.2. The van der Waals surface area contributed by atoms with Gasteiger partial charge in [-0.3, -0.25) is 9.59 Å². The zero-order valence-electron chi connectivity index (χ0n) is 12.6. The van der Waals surface area contributed by atoms with E-state index in [1.54, 1.807) is 17.8 Å². The van der Waals surface area contributed by atoms with E-state index in [4.69, 9.17) is 0 Å². The van der Waals surface area contributed by atoms with E-state index in [-0.39, 0.29) is 11.8 Å². The van der Waals surface area contributed by atoms with Crippen molar-refractivity contribution in [3.05, 3.63) is 53.6 Å². The van der Waals surface area contributed by atoms with Crippen LogP contribution in [0.5, 0.6) is 0 Å². The molecule has 2 aromatic carbocycles. The number of thioether (sulfide) groups is 2. The standard InChI is InChI=1S/C17H16N2O2S2/c1-22-9-11-2-4-12(5-3-11)17(21)18-13-6-7-15-14(8-13)19-16(20)10-23-15/h2-8H,9-10H2,1H3,(H,18,21)(H,19,20). The largest absolute Gasteiger partial charge is 0.324 e. The Balaban J connectivity index is 1.72. The number of hydrogen-bond donors (Lipinski definition) is 2. The third-order valence-corrected chi connectivity index (χ3v) is 5.09. The molecule has 0 saturated carbocycles. The molecule has 4 nitrogen and oxygen atoms in total. The minimum absolute atomic E-state index is 0.0182. The molecule has 1 heterocycles. The maximum Gasteiger partial charge on any atom is 0.255 e. The highest BCUT2D eigenvalue weighted by Gasteiger charge is 2.16. The van der Waals surface area contributed by atoms with E-state index in [0.717, 1.165) is 16.3 Å². The molecule has 0 aromatic heterocycles. The first kappa shape index (κ1) is 16.0. The smallest absolute Gasteiger partial charge is 0.255 e. The summed E-state index contributed by atoms with van der Waals surface area (Å²) in [5.41, 5.74) is 3.23. The van der Waals surface area contributed by atoms with E-state index in [0.29, 0.717) is 17.0 Å². The lowest BCUT2D eigenvalue weighted by Crippen LogP contribution is -2.19. The third-order valence-electron chi connectivity index (χ3n) is 3.40. The lowest BCUT2D eigenvalue weighted by molar-refractivity contribution is -0.113. The Kier molecular flexibility index (Phi) is 4.93. The second kappa shape index (κ2) is 7.10. The van der Waals surface area contributed by atoms with Gasteiger partial charge in [-0.25, -0.2) is 0 Å². The molecule has 6 heteroatoms. The van der Waals surface area contributed by atoms with Crippen LogP contribution in [-0.2, 0) is 10.5 Å². The first-order valence-electron chi connectivity index (χ1n) is 7.11. The lowest BCUT2D eigenvalue weighted by atomic mass is 10.1. The average Bonchev–Trinajstić information content (AvgIpc) is 2.55. The molecule has 0 bridgehead atoms. The number of fused-ring (bicyclic) bond motifs is 1. The van der Waals surface area contributed by atoms with Gasteiger partial charge in [0.2, 0.25) is 5.91 Å². The van der Waals surface area contributed by atoms with Gasteiger partial charge in [-0.1, -0.05) is 12.1 Å². The Morgan fingerprint density at radius 1 is 1.26 bits per heavy atom. The van der Waals surface area contributed by atoms with Crippen molar-refractivity contribution >= 4 is 46.7 Å². The number of benzene rings is 2. The van der Waals surface area contributed by atoms with Gasteiger partial charge in [0.25, 0.3) is 5.91 Å². The van der Waals surface area contributed by atoms with E-state index < -0.39 is 0 Å². The van der Waals surface area contributed by atoms with Crippen LogP contribution in [0.15, 0.2) is 47.4 Å². The molecule has 1 aliphatic heterocycles. The van der Waals surface area contributed by atoms with Gasteiger partial charge < -0.3 is 10.6 Å². The summed E-state index contributed by atoms with van der Waals surface area (Å²) in [4.78, 5) is 24.8. The molecule has 0 aliphatic carbocycles. The predicted molar refractivity (Wildman–Crippen MR) is 97.4 cm³/mol. The normalized spacial score (nSPS) is 13.2. The van der Waals surface area contributed by atoms with Crippen LogP contribution in [0.4, 0.5) is 11.4 Å². The van der Waals surface area contributed by atoms with Crippen LogP contribution < -0.4 is 10.6 Å². The fourth-order valence-electron chi connectivity index (χ4n) is 2.28. The van der Waals surface area contributed by atoms with Gasteiger partial charge in [0.05, 0.1) is 11.4 Å². The van der Waals surface area contributed by atoms with Crippen molar-refractivity contribution in [2.45, 2.75) is 10.6 Å². The lowest BCUT2D eigenvalue weighted by Gasteiger charge is -2.17. The van der Waals surface area contributed by atoms with Gasteiger partial charge in [-0.2, -0.15) is 11.8 Å². The van der Waals surface area contributed by atoms with Crippen molar-refractivity contribution in [1.29, 1.82) is 0 Å². The minimum Gasteiger partial charge on any atom is -0.324 e. The zero-order chi connectivity index (χ0) is 16.2. The van der Waals surface area contributed by atoms with Crippen LogP contribution >= 0.6 is 23.5 Å². The predicted octanol–water partition coefficient (Wildman–Crippen LogP) is 3.85. The minimum atomic E-state index is -0.157. The Morgan fingerprint density at radius 2 is 2.04 bits per heavy atom. The molecule has 3 rings (SSSR count). The molecule has 2 aromatic rings. The Labute approximate surface area is 143 Å². The van der Waals surface area contributed by atoms with Crippen LogP contribution in [0.3, 0.4) is 0 Å². The monoisotopic (exact) mass is 344 g/mol. The molecule has 0 saturated heterocycles. The van der Waals surface area contributed by atoms with Crippen molar-refractivity contribution in [3.8, 4) is 0 Å². The summed E-state index contributed by atoms with van der Waals surface area (Å²) in [5, 5.41) is 5.69. The van der Waals surface area contributed by atoms with Crippen molar-refractivity contribution in [2.24, 2.45) is 0 Å². The number of carbonyl (C=O) groups excluding carboxylic acids is 2. The summed E-state index contributed by atoms with van der Waals surface area (Å²) in [6.45, 7) is 0. The van der Waals surface area contributed by atoms with Gasteiger partial charge in [-0.05, 0) is 42.2 Å². The van der Waals surface area contributed by atoms with Gasteiger partial charge >= 0.3 is 0 Å². The summed E-state index contributed by atoms with van der Waals surface area (Å²) >= 11 is 3.25. The Hall–Kier alpha value is -1.92. The summed E-state index contributed by atoms with van der Waals surface area (Å²) in [7, 11) is 0. The number of amides is 2. The van der Waals surface area contributed by atoms with E-state index in [1.807, 2.05) is 42.7 Å². The summed E-state index contributed by atoms with van der Waals surface area (Å²) in [6, 6.07) is 13.2. The fourth-order valence-corrected chi connectivity index (χ4v) is 3.60. The molecule has 0 spiro atoms. The Morgan fingerprint density at radius 3 is 2.78 bits per heavy atom. The highest BCUT2D eigenvalue weighted by Crippen LogP contribution is 2.33. The third kappa shape index (κ3) is 3.89. The molecule has 0 fully saturated rings. The van der Waals surface area contributed by atoms with Crippen molar-refractivity contribution in [2.75, 3.05) is 22.6 Å². The Bertz CT molecular complexity index is 745. The number of nitrogens with one attached hydrogen (secondary N) is 2. The molecule has 1 aliphatic rings. The molecule has 0 radical (unpaired) electrons. The van der Waals surface area contributed by atoms with E-state index in [2.05, 4.69) is 10.6 Å².